The molecular weight excluding hydrogens is 335 g/mol. The van der Waals surface area contributed by atoms with Gasteiger partial charge >= 0.3 is 0 Å². The molecule has 2 aromatic rings. The Morgan fingerprint density at radius 2 is 1.95 bits per heavy atom. The molecule has 0 aliphatic carbocycles. The van der Waals surface area contributed by atoms with Crippen molar-refractivity contribution in [1.82, 2.24) is 5.32 Å². The summed E-state index contributed by atoms with van der Waals surface area (Å²) in [6.45, 7) is 2.53. The summed E-state index contributed by atoms with van der Waals surface area (Å²) in [7, 11) is 0. The molecule has 1 aromatic heterocycles. The Hall–Kier alpha value is -1.27. The van der Waals surface area contributed by atoms with Crippen molar-refractivity contribution in [3.63, 3.8) is 0 Å². The molecule has 1 aromatic carbocycles. The molecule has 0 fully saturated rings. The molecule has 0 aliphatic heterocycles. The third-order valence-corrected chi connectivity index (χ3v) is 3.54. The van der Waals surface area contributed by atoms with Crippen LogP contribution in [0.2, 0.25) is 0 Å². The van der Waals surface area contributed by atoms with E-state index in [1.807, 2.05) is 6.92 Å². The molecule has 108 valence electrons. The zero-order chi connectivity index (χ0) is 14.7. The van der Waals surface area contributed by atoms with Gasteiger partial charge in [0.2, 0.25) is 0 Å². The van der Waals surface area contributed by atoms with E-state index in [1.165, 1.54) is 12.3 Å². The third kappa shape index (κ3) is 2.91. The summed E-state index contributed by atoms with van der Waals surface area (Å²) in [6, 6.07) is 3.10. The van der Waals surface area contributed by atoms with E-state index < -0.39 is 23.5 Å². The predicted octanol–water partition coefficient (Wildman–Crippen LogP) is 4.55. The van der Waals surface area contributed by atoms with Gasteiger partial charge in [-0.25, -0.2) is 13.2 Å². The molecule has 1 unspecified atom stereocenters. The largest absolute Gasteiger partial charge is 0.466 e. The maximum absolute atomic E-state index is 14.0. The average molecular weight is 348 g/mol. The number of hydrogen-bond donors (Lipinski definition) is 1. The van der Waals surface area contributed by atoms with Gasteiger partial charge in [0.15, 0.2) is 17.5 Å². The lowest BCUT2D eigenvalue weighted by Crippen LogP contribution is -2.24. The normalized spacial score (nSPS) is 12.7. The summed E-state index contributed by atoms with van der Waals surface area (Å²) in [4.78, 5) is 0. The summed E-state index contributed by atoms with van der Waals surface area (Å²) < 4.78 is 46.3. The van der Waals surface area contributed by atoms with Crippen molar-refractivity contribution < 1.29 is 17.6 Å². The molecule has 20 heavy (non-hydrogen) atoms. The fourth-order valence-corrected chi connectivity index (χ4v) is 2.34. The van der Waals surface area contributed by atoms with E-state index in [4.69, 9.17) is 4.42 Å². The van der Waals surface area contributed by atoms with Crippen molar-refractivity contribution in [2.45, 2.75) is 19.4 Å². The van der Waals surface area contributed by atoms with E-state index in [0.29, 0.717) is 16.8 Å². The van der Waals surface area contributed by atoms with Crippen LogP contribution < -0.4 is 5.32 Å². The molecule has 0 saturated carbocycles. The van der Waals surface area contributed by atoms with E-state index in [-0.39, 0.29) is 5.56 Å². The van der Waals surface area contributed by atoms with Crippen molar-refractivity contribution in [2.24, 2.45) is 0 Å². The molecule has 2 rings (SSSR count). The van der Waals surface area contributed by atoms with Crippen LogP contribution in [0.25, 0.3) is 0 Å². The first-order valence-corrected chi connectivity index (χ1v) is 6.95. The summed E-state index contributed by atoms with van der Waals surface area (Å²) in [6.07, 6.45) is 2.25. The number of rotatable bonds is 5. The van der Waals surface area contributed by atoms with Gasteiger partial charge in [-0.3, -0.25) is 0 Å². The summed E-state index contributed by atoms with van der Waals surface area (Å²) in [5.41, 5.74) is 0.00741. The lowest BCUT2D eigenvalue weighted by Gasteiger charge is -2.18. The van der Waals surface area contributed by atoms with Gasteiger partial charge in [0.05, 0.1) is 16.8 Å². The molecule has 0 radical (unpaired) electrons. The lowest BCUT2D eigenvalue weighted by atomic mass is 10.0. The first-order chi connectivity index (χ1) is 9.56. The molecule has 6 heteroatoms. The molecule has 0 bridgehead atoms. The minimum atomic E-state index is -1.48. The minimum absolute atomic E-state index is 0.00741. The van der Waals surface area contributed by atoms with Crippen LogP contribution in [0.5, 0.6) is 0 Å². The van der Waals surface area contributed by atoms with Gasteiger partial charge < -0.3 is 9.73 Å². The second kappa shape index (κ2) is 6.45. The third-order valence-electron chi connectivity index (χ3n) is 2.88. The zero-order valence-corrected chi connectivity index (χ0v) is 12.3. The van der Waals surface area contributed by atoms with Crippen LogP contribution in [0, 0.1) is 17.5 Å². The van der Waals surface area contributed by atoms with E-state index >= 15 is 0 Å². The van der Waals surface area contributed by atoms with Crippen LogP contribution in [0.3, 0.4) is 0 Å². The zero-order valence-electron chi connectivity index (χ0n) is 10.7. The predicted molar refractivity (Wildman–Crippen MR) is 72.9 cm³/mol. The van der Waals surface area contributed by atoms with Crippen LogP contribution in [0.1, 0.15) is 30.7 Å². The number of nitrogens with one attached hydrogen (secondary N) is 1. The molecule has 0 amide bonds. The van der Waals surface area contributed by atoms with Gasteiger partial charge in [-0.15, -0.1) is 0 Å². The van der Waals surface area contributed by atoms with Crippen molar-refractivity contribution >= 4 is 15.9 Å². The maximum atomic E-state index is 14.0. The van der Waals surface area contributed by atoms with E-state index in [0.717, 1.165) is 12.5 Å². The van der Waals surface area contributed by atoms with Crippen molar-refractivity contribution in [2.75, 3.05) is 6.54 Å². The Labute approximate surface area is 123 Å². The molecule has 2 nitrogen and oxygen atoms in total. The highest BCUT2D eigenvalue weighted by atomic mass is 79.9. The Bertz CT molecular complexity index is 600. The fourth-order valence-electron chi connectivity index (χ4n) is 1.91. The van der Waals surface area contributed by atoms with E-state index in [2.05, 4.69) is 21.2 Å². The number of halogens is 4. The minimum Gasteiger partial charge on any atom is -0.466 e. The molecule has 0 spiro atoms. The van der Waals surface area contributed by atoms with Crippen LogP contribution >= 0.6 is 15.9 Å². The van der Waals surface area contributed by atoms with Crippen LogP contribution in [-0.2, 0) is 0 Å². The van der Waals surface area contributed by atoms with Crippen molar-refractivity contribution in [1.29, 1.82) is 0 Å². The first-order valence-electron chi connectivity index (χ1n) is 6.16. The van der Waals surface area contributed by atoms with Crippen molar-refractivity contribution in [3.05, 3.63) is 57.7 Å². The number of hydrogen-bond acceptors (Lipinski definition) is 2. The Morgan fingerprint density at radius 3 is 2.55 bits per heavy atom. The standard InChI is InChI=1S/C14H13BrF3NO/c1-2-6-19-13(14-9(15)5-7-20-14)8-3-4-10(16)12(18)11(8)17/h3-5,7,13,19H,2,6H2,1H3. The smallest absolute Gasteiger partial charge is 0.194 e. The summed E-state index contributed by atoms with van der Waals surface area (Å²) >= 11 is 3.29. The molecule has 0 saturated heterocycles. The van der Waals surface area contributed by atoms with Gasteiger partial charge in [0, 0.05) is 5.56 Å². The maximum Gasteiger partial charge on any atom is 0.194 e. The second-order valence-electron chi connectivity index (χ2n) is 4.28. The Kier molecular flexibility index (Phi) is 4.88. The lowest BCUT2D eigenvalue weighted by molar-refractivity contribution is 0.408. The fraction of sp³-hybridized carbons (Fsp3) is 0.286. The molecule has 1 atom stereocenters. The molecule has 1 heterocycles. The van der Waals surface area contributed by atoms with Gasteiger partial charge in [0.1, 0.15) is 5.76 Å². The molecule has 1 N–H and O–H groups in total. The van der Waals surface area contributed by atoms with E-state index in [1.54, 1.807) is 6.07 Å². The van der Waals surface area contributed by atoms with E-state index in [9.17, 15) is 13.2 Å². The van der Waals surface area contributed by atoms with Gasteiger partial charge in [-0.05, 0) is 41.0 Å². The van der Waals surface area contributed by atoms with Gasteiger partial charge in [0.25, 0.3) is 0 Å². The average Bonchev–Trinajstić information content (AvgIpc) is 2.85. The first kappa shape index (κ1) is 15.1. The monoisotopic (exact) mass is 347 g/mol. The highest BCUT2D eigenvalue weighted by Gasteiger charge is 2.25. The SMILES string of the molecule is CCCNC(c1ccc(F)c(F)c1F)c1occc1Br. The molecule has 0 aliphatic rings. The molecular formula is C14H13BrF3NO. The summed E-state index contributed by atoms with van der Waals surface area (Å²) in [5, 5.41) is 3.06. The van der Waals surface area contributed by atoms with Gasteiger partial charge in [-0.1, -0.05) is 13.0 Å². The number of furan rings is 1. The van der Waals surface area contributed by atoms with Crippen LogP contribution in [-0.4, -0.2) is 6.54 Å². The highest BCUT2D eigenvalue weighted by molar-refractivity contribution is 9.10. The second-order valence-corrected chi connectivity index (χ2v) is 5.14. The quantitative estimate of drug-likeness (QED) is 0.802. The van der Waals surface area contributed by atoms with Crippen molar-refractivity contribution in [3.8, 4) is 0 Å². The Morgan fingerprint density at radius 1 is 1.20 bits per heavy atom. The van der Waals surface area contributed by atoms with Gasteiger partial charge in [-0.2, -0.15) is 0 Å². The van der Waals surface area contributed by atoms with Crippen LogP contribution in [0.4, 0.5) is 13.2 Å². The summed E-state index contributed by atoms with van der Waals surface area (Å²) in [5.74, 6) is -3.47. The highest BCUT2D eigenvalue weighted by Crippen LogP contribution is 2.32. The number of benzene rings is 1. The topological polar surface area (TPSA) is 25.2 Å². The van der Waals surface area contributed by atoms with Crippen LogP contribution in [0.15, 0.2) is 33.4 Å². The Balaban J connectivity index is 2.47.